The lowest BCUT2D eigenvalue weighted by Crippen LogP contribution is -2.19. The third kappa shape index (κ3) is 4.27. The number of aromatic nitrogens is 2. The average Bonchev–Trinajstić information content (AvgIpc) is 3.16. The number of aryl methyl sites for hydroxylation is 1. The zero-order chi connectivity index (χ0) is 22.0. The molecule has 0 saturated heterocycles. The van der Waals surface area contributed by atoms with E-state index in [1.807, 2.05) is 54.1 Å². The predicted molar refractivity (Wildman–Crippen MR) is 119 cm³/mol. The number of nitrogens with two attached hydrogens (primary N) is 1. The number of non-ortho nitro benzene ring substituents is 1. The smallest absolute Gasteiger partial charge is 0.316 e. The molecule has 1 heterocycles. The minimum Gasteiger partial charge on any atom is -0.351 e. The van der Waals surface area contributed by atoms with Crippen LogP contribution in [0, 0.1) is 17.0 Å². The second-order valence-electron chi connectivity index (χ2n) is 7.00. The fourth-order valence-electron chi connectivity index (χ4n) is 3.34. The number of hydrogen-bond acceptors (Lipinski definition) is 4. The Morgan fingerprint density at radius 3 is 2.03 bits per heavy atom. The normalized spacial score (nSPS) is 10.6. The molecular weight excluding hydrogens is 394 g/mol. The van der Waals surface area contributed by atoms with Crippen molar-refractivity contribution in [2.24, 2.45) is 5.73 Å². The van der Waals surface area contributed by atoms with Crippen LogP contribution in [-0.2, 0) is 0 Å². The minimum atomic E-state index is -0.614. The monoisotopic (exact) mass is 413 g/mol. The Morgan fingerprint density at radius 2 is 1.48 bits per heavy atom. The van der Waals surface area contributed by atoms with Crippen molar-refractivity contribution in [3.63, 3.8) is 0 Å². The summed E-state index contributed by atoms with van der Waals surface area (Å²) in [7, 11) is 0. The summed E-state index contributed by atoms with van der Waals surface area (Å²) >= 11 is 0. The minimum absolute atomic E-state index is 0.0665. The van der Waals surface area contributed by atoms with Gasteiger partial charge in [-0.15, -0.1) is 0 Å². The van der Waals surface area contributed by atoms with Gasteiger partial charge in [0.2, 0.25) is 0 Å². The van der Waals surface area contributed by atoms with E-state index in [1.165, 1.54) is 12.1 Å². The van der Waals surface area contributed by atoms with Crippen LogP contribution in [0.15, 0.2) is 78.9 Å². The van der Waals surface area contributed by atoms with Gasteiger partial charge in [0, 0.05) is 23.4 Å². The maximum absolute atomic E-state index is 11.0. The first-order chi connectivity index (χ1) is 14.9. The van der Waals surface area contributed by atoms with Crippen molar-refractivity contribution < 1.29 is 9.72 Å². The molecule has 31 heavy (non-hydrogen) atoms. The van der Waals surface area contributed by atoms with E-state index in [0.717, 1.165) is 33.8 Å². The lowest BCUT2D eigenvalue weighted by atomic mass is 10.0. The fourth-order valence-corrected chi connectivity index (χ4v) is 3.34. The SMILES string of the molecule is Cc1cc(-c2ccc(-c3ccc([N+](=O)[O-])cc3)cc2)n(-c2ccc(NC(N)=O)cc2)n1. The Balaban J connectivity index is 1.63. The molecule has 0 aliphatic heterocycles. The van der Waals surface area contributed by atoms with Crippen LogP contribution in [0.5, 0.6) is 0 Å². The number of urea groups is 1. The molecule has 1 aromatic heterocycles. The van der Waals surface area contributed by atoms with Crippen LogP contribution in [0.1, 0.15) is 5.69 Å². The molecule has 0 saturated carbocycles. The molecule has 0 aliphatic carbocycles. The second kappa shape index (κ2) is 8.11. The number of nitrogens with one attached hydrogen (secondary N) is 1. The molecular formula is C23H19N5O3. The summed E-state index contributed by atoms with van der Waals surface area (Å²) in [5.74, 6) is 0. The summed E-state index contributed by atoms with van der Waals surface area (Å²) in [5.41, 5.74) is 11.3. The summed E-state index contributed by atoms with van der Waals surface area (Å²) < 4.78 is 1.84. The van der Waals surface area contributed by atoms with Crippen molar-refractivity contribution in [2.75, 3.05) is 5.32 Å². The number of benzene rings is 3. The molecule has 2 amide bonds. The van der Waals surface area contributed by atoms with Gasteiger partial charge in [0.25, 0.3) is 5.69 Å². The standard InChI is InChI=1S/C23H19N5O3/c1-15-14-22(27(26-15)20-12-8-19(9-13-20)25-23(24)29)18-4-2-16(3-5-18)17-6-10-21(11-7-17)28(30)31/h2-14H,1H3,(H3,24,25,29). The van der Waals surface area contributed by atoms with Gasteiger partial charge in [0.05, 0.1) is 22.0 Å². The highest BCUT2D eigenvalue weighted by Crippen LogP contribution is 2.28. The van der Waals surface area contributed by atoms with Crippen LogP contribution < -0.4 is 11.1 Å². The van der Waals surface area contributed by atoms with Crippen LogP contribution >= 0.6 is 0 Å². The summed E-state index contributed by atoms with van der Waals surface area (Å²) in [5, 5.41) is 18.0. The van der Waals surface area contributed by atoms with Crippen LogP contribution in [0.3, 0.4) is 0 Å². The van der Waals surface area contributed by atoms with E-state index < -0.39 is 11.0 Å². The van der Waals surface area contributed by atoms with Gasteiger partial charge in [-0.2, -0.15) is 5.10 Å². The molecule has 4 rings (SSSR count). The highest BCUT2D eigenvalue weighted by atomic mass is 16.6. The number of nitro groups is 1. The van der Waals surface area contributed by atoms with E-state index in [9.17, 15) is 14.9 Å². The van der Waals surface area contributed by atoms with Crippen molar-refractivity contribution in [3.05, 3.63) is 94.7 Å². The topological polar surface area (TPSA) is 116 Å². The molecule has 8 nitrogen and oxygen atoms in total. The molecule has 4 aromatic rings. The Hall–Kier alpha value is -4.46. The van der Waals surface area contributed by atoms with Crippen molar-refractivity contribution in [1.82, 2.24) is 9.78 Å². The summed E-state index contributed by atoms with van der Waals surface area (Å²) in [6, 6.07) is 23.0. The van der Waals surface area contributed by atoms with Crippen molar-refractivity contribution in [1.29, 1.82) is 0 Å². The lowest BCUT2D eigenvalue weighted by molar-refractivity contribution is -0.384. The Kier molecular flexibility index (Phi) is 5.19. The number of primary amides is 1. The number of amides is 2. The van der Waals surface area contributed by atoms with E-state index in [4.69, 9.17) is 5.73 Å². The Morgan fingerprint density at radius 1 is 0.935 bits per heavy atom. The van der Waals surface area contributed by atoms with Crippen molar-refractivity contribution in [3.8, 4) is 28.1 Å². The molecule has 0 radical (unpaired) electrons. The first-order valence-electron chi connectivity index (χ1n) is 9.49. The molecule has 3 N–H and O–H groups in total. The number of anilines is 1. The number of hydrogen-bond donors (Lipinski definition) is 2. The largest absolute Gasteiger partial charge is 0.351 e. The van der Waals surface area contributed by atoms with Crippen LogP contribution in [0.2, 0.25) is 0 Å². The molecule has 0 bridgehead atoms. The van der Waals surface area contributed by atoms with E-state index in [2.05, 4.69) is 10.4 Å². The maximum atomic E-state index is 11.0. The molecule has 0 fully saturated rings. The first-order valence-corrected chi connectivity index (χ1v) is 9.49. The van der Waals surface area contributed by atoms with Crippen LogP contribution in [0.25, 0.3) is 28.1 Å². The molecule has 3 aromatic carbocycles. The Labute approximate surface area is 178 Å². The summed E-state index contributed by atoms with van der Waals surface area (Å²) in [4.78, 5) is 21.4. The highest BCUT2D eigenvalue weighted by Gasteiger charge is 2.11. The van der Waals surface area contributed by atoms with Gasteiger partial charge in [-0.25, -0.2) is 9.48 Å². The molecule has 0 spiro atoms. The van der Waals surface area contributed by atoms with Gasteiger partial charge >= 0.3 is 6.03 Å². The number of nitro benzene ring substituents is 1. The van der Waals surface area contributed by atoms with Crippen molar-refractivity contribution in [2.45, 2.75) is 6.92 Å². The quantitative estimate of drug-likeness (QED) is 0.357. The molecule has 0 unspecified atom stereocenters. The van der Waals surface area contributed by atoms with Crippen molar-refractivity contribution >= 4 is 17.4 Å². The second-order valence-corrected chi connectivity index (χ2v) is 7.00. The number of carbonyl (C=O) groups is 1. The maximum Gasteiger partial charge on any atom is 0.316 e. The zero-order valence-corrected chi connectivity index (χ0v) is 16.6. The molecule has 0 aliphatic rings. The Bertz CT molecular complexity index is 1240. The lowest BCUT2D eigenvalue weighted by Gasteiger charge is -2.10. The van der Waals surface area contributed by atoms with Gasteiger partial charge < -0.3 is 11.1 Å². The molecule has 0 atom stereocenters. The van der Waals surface area contributed by atoms with Gasteiger partial charge in [0.15, 0.2) is 0 Å². The average molecular weight is 413 g/mol. The van der Waals surface area contributed by atoms with E-state index in [0.29, 0.717) is 5.69 Å². The third-order valence-corrected chi connectivity index (χ3v) is 4.80. The number of nitrogens with zero attached hydrogens (tertiary/aromatic N) is 3. The zero-order valence-electron chi connectivity index (χ0n) is 16.6. The first kappa shape index (κ1) is 19.8. The fraction of sp³-hybridized carbons (Fsp3) is 0.0435. The number of carbonyl (C=O) groups excluding carboxylic acids is 1. The van der Waals surface area contributed by atoms with Crippen LogP contribution in [0.4, 0.5) is 16.2 Å². The predicted octanol–water partition coefficient (Wildman–Crippen LogP) is 4.91. The molecule has 154 valence electrons. The van der Waals surface area contributed by atoms with Crippen LogP contribution in [-0.4, -0.2) is 20.7 Å². The van der Waals surface area contributed by atoms with Gasteiger partial charge in [0.1, 0.15) is 0 Å². The highest BCUT2D eigenvalue weighted by molar-refractivity contribution is 5.87. The molecule has 8 heteroatoms. The third-order valence-electron chi connectivity index (χ3n) is 4.80. The van der Waals surface area contributed by atoms with E-state index in [1.54, 1.807) is 24.3 Å². The van der Waals surface area contributed by atoms with Gasteiger partial charge in [-0.3, -0.25) is 10.1 Å². The number of rotatable bonds is 5. The van der Waals surface area contributed by atoms with E-state index in [-0.39, 0.29) is 5.69 Å². The summed E-state index contributed by atoms with van der Waals surface area (Å²) in [6.45, 7) is 1.92. The van der Waals surface area contributed by atoms with Gasteiger partial charge in [-0.1, -0.05) is 24.3 Å². The summed E-state index contributed by atoms with van der Waals surface area (Å²) in [6.07, 6.45) is 0. The van der Waals surface area contributed by atoms with E-state index >= 15 is 0 Å². The van der Waals surface area contributed by atoms with Gasteiger partial charge in [-0.05, 0) is 60.5 Å².